The molecule has 1 fully saturated rings. The van der Waals surface area contributed by atoms with E-state index in [1.54, 1.807) is 0 Å². The lowest BCUT2D eigenvalue weighted by molar-refractivity contribution is -0.127. The molecule has 1 atom stereocenters. The number of amides is 4. The van der Waals surface area contributed by atoms with Crippen LogP contribution in [0.2, 0.25) is 0 Å². The molecule has 0 unspecified atom stereocenters. The maximum Gasteiger partial charge on any atom is 0.324 e. The van der Waals surface area contributed by atoms with E-state index in [0.717, 1.165) is 12.0 Å². The number of H-pyrrole nitrogens is 1. The summed E-state index contributed by atoms with van der Waals surface area (Å²) in [5.41, 5.74) is 1.05. The van der Waals surface area contributed by atoms with Crippen molar-refractivity contribution in [3.8, 4) is 0 Å². The van der Waals surface area contributed by atoms with Crippen molar-refractivity contribution < 1.29 is 14.4 Å². The SMILES string of the molecule is CC(C)Cc1nc(NC(=O)CC[C@H]2NC(=O)N(CCc3ccccc3)C2=O)n[nH]1. The van der Waals surface area contributed by atoms with Gasteiger partial charge in [-0.15, -0.1) is 5.10 Å². The molecule has 0 aliphatic carbocycles. The summed E-state index contributed by atoms with van der Waals surface area (Å²) < 4.78 is 0. The van der Waals surface area contributed by atoms with Crippen molar-refractivity contribution in [2.75, 3.05) is 11.9 Å². The molecule has 0 radical (unpaired) electrons. The minimum atomic E-state index is -0.687. The Balaban J connectivity index is 1.45. The number of urea groups is 1. The van der Waals surface area contributed by atoms with Gasteiger partial charge in [0, 0.05) is 19.4 Å². The minimum Gasteiger partial charge on any atom is -0.326 e. The number of benzene rings is 1. The molecule has 4 amide bonds. The van der Waals surface area contributed by atoms with Crippen molar-refractivity contribution in [1.82, 2.24) is 25.4 Å². The Bertz CT molecular complexity index is 864. The number of anilines is 1. The highest BCUT2D eigenvalue weighted by Crippen LogP contribution is 2.13. The predicted octanol–water partition coefficient (Wildman–Crippen LogP) is 1.88. The zero-order valence-corrected chi connectivity index (χ0v) is 16.6. The fraction of sp³-hybridized carbons (Fsp3) is 0.450. The average molecular weight is 398 g/mol. The zero-order chi connectivity index (χ0) is 20.8. The molecule has 154 valence electrons. The second-order valence-corrected chi connectivity index (χ2v) is 7.52. The Morgan fingerprint density at radius 1 is 1.24 bits per heavy atom. The van der Waals surface area contributed by atoms with E-state index in [1.807, 2.05) is 30.3 Å². The van der Waals surface area contributed by atoms with Crippen LogP contribution in [0.1, 0.15) is 38.1 Å². The Morgan fingerprint density at radius 3 is 2.72 bits per heavy atom. The number of nitrogens with one attached hydrogen (secondary N) is 3. The molecule has 1 aromatic carbocycles. The molecule has 0 bridgehead atoms. The monoisotopic (exact) mass is 398 g/mol. The highest BCUT2D eigenvalue weighted by atomic mass is 16.2. The minimum absolute atomic E-state index is 0.0806. The van der Waals surface area contributed by atoms with Crippen LogP contribution < -0.4 is 10.6 Å². The maximum atomic E-state index is 12.5. The van der Waals surface area contributed by atoms with E-state index in [2.05, 4.69) is 39.7 Å². The first kappa shape index (κ1) is 20.5. The summed E-state index contributed by atoms with van der Waals surface area (Å²) >= 11 is 0. The number of imide groups is 1. The number of hydrogen-bond acceptors (Lipinski definition) is 5. The van der Waals surface area contributed by atoms with Crippen LogP contribution in [0.3, 0.4) is 0 Å². The van der Waals surface area contributed by atoms with Gasteiger partial charge in [0.15, 0.2) is 0 Å². The quantitative estimate of drug-likeness (QED) is 0.557. The summed E-state index contributed by atoms with van der Waals surface area (Å²) in [6, 6.07) is 8.57. The summed E-state index contributed by atoms with van der Waals surface area (Å²) in [7, 11) is 0. The highest BCUT2D eigenvalue weighted by molar-refractivity contribution is 6.04. The smallest absolute Gasteiger partial charge is 0.324 e. The van der Waals surface area contributed by atoms with Gasteiger partial charge in [-0.3, -0.25) is 24.9 Å². The van der Waals surface area contributed by atoms with Gasteiger partial charge in [-0.25, -0.2) is 4.79 Å². The van der Waals surface area contributed by atoms with Crippen LogP contribution in [0.25, 0.3) is 0 Å². The van der Waals surface area contributed by atoms with Gasteiger partial charge < -0.3 is 5.32 Å². The number of carbonyl (C=O) groups is 3. The van der Waals surface area contributed by atoms with E-state index in [-0.39, 0.29) is 30.6 Å². The van der Waals surface area contributed by atoms with Crippen LogP contribution in [0, 0.1) is 5.92 Å². The second-order valence-electron chi connectivity index (χ2n) is 7.52. The fourth-order valence-corrected chi connectivity index (χ4v) is 3.16. The first-order chi connectivity index (χ1) is 13.9. The van der Waals surface area contributed by atoms with E-state index in [4.69, 9.17) is 0 Å². The summed E-state index contributed by atoms with van der Waals surface area (Å²) in [4.78, 5) is 42.2. The highest BCUT2D eigenvalue weighted by Gasteiger charge is 2.37. The van der Waals surface area contributed by atoms with E-state index < -0.39 is 12.1 Å². The van der Waals surface area contributed by atoms with Crippen LogP contribution in [0.15, 0.2) is 30.3 Å². The number of carbonyl (C=O) groups excluding carboxylic acids is 3. The standard InChI is InChI=1S/C20H26N6O3/c1-13(2)12-16-22-19(25-24-16)23-17(27)9-8-15-18(28)26(20(29)21-15)11-10-14-6-4-3-5-7-14/h3-7,13,15H,8-12H2,1-2H3,(H,21,29)(H2,22,23,24,25,27)/t15-/m1/s1. The number of nitrogens with zero attached hydrogens (tertiary/aromatic N) is 3. The molecule has 9 heteroatoms. The largest absolute Gasteiger partial charge is 0.326 e. The first-order valence-electron chi connectivity index (χ1n) is 9.79. The Labute approximate surface area is 169 Å². The Kier molecular flexibility index (Phi) is 6.58. The molecule has 1 aromatic heterocycles. The van der Waals surface area contributed by atoms with Crippen LogP contribution in [-0.4, -0.2) is 50.5 Å². The average Bonchev–Trinajstić information content (AvgIpc) is 3.22. The third kappa shape index (κ3) is 5.63. The summed E-state index contributed by atoms with van der Waals surface area (Å²) in [5, 5.41) is 12.0. The number of aromatic nitrogens is 3. The topological polar surface area (TPSA) is 120 Å². The van der Waals surface area contributed by atoms with Gasteiger partial charge in [0.2, 0.25) is 11.9 Å². The van der Waals surface area contributed by atoms with Crippen LogP contribution in [0.4, 0.5) is 10.7 Å². The molecule has 0 spiro atoms. The van der Waals surface area contributed by atoms with Crippen LogP contribution in [0.5, 0.6) is 0 Å². The van der Waals surface area contributed by atoms with Gasteiger partial charge >= 0.3 is 6.03 Å². The molecule has 1 saturated heterocycles. The van der Waals surface area contributed by atoms with Gasteiger partial charge in [0.25, 0.3) is 5.91 Å². The number of aromatic amines is 1. The van der Waals surface area contributed by atoms with Crippen molar-refractivity contribution in [2.24, 2.45) is 5.92 Å². The van der Waals surface area contributed by atoms with Gasteiger partial charge in [-0.1, -0.05) is 44.2 Å². The Morgan fingerprint density at radius 2 is 2.00 bits per heavy atom. The zero-order valence-electron chi connectivity index (χ0n) is 16.6. The molecule has 3 N–H and O–H groups in total. The normalized spacial score (nSPS) is 16.4. The summed E-state index contributed by atoms with van der Waals surface area (Å²) in [5.74, 6) is 0.758. The molecular weight excluding hydrogens is 372 g/mol. The third-order valence-corrected chi connectivity index (χ3v) is 4.62. The summed E-state index contributed by atoms with van der Waals surface area (Å²) in [6.45, 7) is 4.45. The molecule has 1 aliphatic rings. The van der Waals surface area contributed by atoms with Crippen molar-refractivity contribution in [1.29, 1.82) is 0 Å². The third-order valence-electron chi connectivity index (χ3n) is 4.62. The van der Waals surface area contributed by atoms with Gasteiger partial charge in [0.05, 0.1) is 0 Å². The maximum absolute atomic E-state index is 12.5. The van der Waals surface area contributed by atoms with E-state index >= 15 is 0 Å². The number of rotatable bonds is 9. The number of hydrogen-bond donors (Lipinski definition) is 3. The molecule has 1 aliphatic heterocycles. The summed E-state index contributed by atoms with van der Waals surface area (Å²) in [6.07, 6.45) is 1.64. The molecule has 2 aromatic rings. The van der Waals surface area contributed by atoms with Gasteiger partial charge in [-0.2, -0.15) is 4.98 Å². The molecule has 29 heavy (non-hydrogen) atoms. The van der Waals surface area contributed by atoms with Crippen molar-refractivity contribution in [3.63, 3.8) is 0 Å². The molecule has 3 rings (SSSR count). The first-order valence-corrected chi connectivity index (χ1v) is 9.79. The lowest BCUT2D eigenvalue weighted by Crippen LogP contribution is -2.33. The van der Waals surface area contributed by atoms with Crippen molar-refractivity contribution in [2.45, 2.75) is 45.6 Å². The van der Waals surface area contributed by atoms with E-state index in [0.29, 0.717) is 24.7 Å². The fourth-order valence-electron chi connectivity index (χ4n) is 3.16. The predicted molar refractivity (Wildman–Crippen MR) is 107 cm³/mol. The van der Waals surface area contributed by atoms with Crippen molar-refractivity contribution in [3.05, 3.63) is 41.7 Å². The van der Waals surface area contributed by atoms with Gasteiger partial charge in [-0.05, 0) is 24.3 Å². The van der Waals surface area contributed by atoms with Crippen molar-refractivity contribution >= 4 is 23.8 Å². The van der Waals surface area contributed by atoms with Crippen LogP contribution in [-0.2, 0) is 22.4 Å². The van der Waals surface area contributed by atoms with E-state index in [9.17, 15) is 14.4 Å². The molecule has 9 nitrogen and oxygen atoms in total. The van der Waals surface area contributed by atoms with E-state index in [1.165, 1.54) is 4.90 Å². The molecular formula is C20H26N6O3. The molecule has 2 heterocycles. The second kappa shape index (κ2) is 9.31. The lowest BCUT2D eigenvalue weighted by atomic mass is 10.1. The van der Waals surface area contributed by atoms with Gasteiger partial charge in [0.1, 0.15) is 11.9 Å². The Hall–Kier alpha value is -3.23. The molecule has 0 saturated carbocycles. The lowest BCUT2D eigenvalue weighted by Gasteiger charge is -2.12. The van der Waals surface area contributed by atoms with Crippen LogP contribution >= 0.6 is 0 Å².